The monoisotopic (exact) mass is 532 g/mol. The van der Waals surface area contributed by atoms with Crippen LogP contribution >= 0.6 is 23.5 Å². The van der Waals surface area contributed by atoms with Crippen LogP contribution in [0.25, 0.3) is 10.8 Å². The van der Waals surface area contributed by atoms with E-state index in [1.807, 2.05) is 84.4 Å². The Morgan fingerprint density at radius 1 is 1.16 bits per heavy atom. The number of hydrogen-bond donors (Lipinski definition) is 2. The van der Waals surface area contributed by atoms with Crippen LogP contribution in [-0.2, 0) is 20.9 Å². The van der Waals surface area contributed by atoms with Crippen LogP contribution in [0.2, 0.25) is 0 Å². The second-order valence-electron chi connectivity index (χ2n) is 8.83. The molecule has 2 atom stereocenters. The lowest BCUT2D eigenvalue weighted by atomic mass is 10.0. The number of carboxylic acids is 1. The Morgan fingerprint density at radius 2 is 1.95 bits per heavy atom. The Balaban J connectivity index is 1.21. The molecule has 0 bridgehead atoms. The number of aromatic nitrogens is 1. The first-order valence-corrected chi connectivity index (χ1v) is 13.9. The summed E-state index contributed by atoms with van der Waals surface area (Å²) in [5, 5.41) is 14.5. The van der Waals surface area contributed by atoms with Crippen molar-refractivity contribution in [3.05, 3.63) is 96.0 Å². The van der Waals surface area contributed by atoms with E-state index in [2.05, 4.69) is 5.32 Å². The van der Waals surface area contributed by atoms with E-state index in [0.717, 1.165) is 21.4 Å². The Hall–Kier alpha value is -3.56. The molecule has 9 heteroatoms. The summed E-state index contributed by atoms with van der Waals surface area (Å²) in [6, 6.07) is 19.2. The Kier molecular flexibility index (Phi) is 7.34. The van der Waals surface area contributed by atoms with E-state index < -0.39 is 23.3 Å². The number of amides is 2. The number of carbonyl (C=O) groups excluding carboxylic acids is 2. The first-order chi connectivity index (χ1) is 17.9. The van der Waals surface area contributed by atoms with E-state index in [4.69, 9.17) is 0 Å². The predicted octanol–water partition coefficient (Wildman–Crippen LogP) is 3.52. The van der Waals surface area contributed by atoms with Crippen molar-refractivity contribution in [3.63, 3.8) is 0 Å². The molecule has 2 aliphatic heterocycles. The maximum atomic E-state index is 12.9. The highest BCUT2D eigenvalue weighted by Crippen LogP contribution is 2.40. The molecule has 2 aromatic carbocycles. The summed E-state index contributed by atoms with van der Waals surface area (Å²) in [7, 11) is 0. The molecule has 188 valence electrons. The van der Waals surface area contributed by atoms with Gasteiger partial charge in [-0.25, -0.2) is 4.79 Å². The van der Waals surface area contributed by atoms with Gasteiger partial charge in [0.25, 0.3) is 5.91 Å². The lowest BCUT2D eigenvalue weighted by Gasteiger charge is -2.49. The number of fused-ring (bicyclic) bond motifs is 2. The van der Waals surface area contributed by atoms with Gasteiger partial charge in [0, 0.05) is 29.7 Å². The second kappa shape index (κ2) is 10.8. The van der Waals surface area contributed by atoms with Crippen molar-refractivity contribution < 1.29 is 24.1 Å². The van der Waals surface area contributed by atoms with Gasteiger partial charge in [0.15, 0.2) is 18.4 Å². The number of benzene rings is 2. The van der Waals surface area contributed by atoms with E-state index >= 15 is 0 Å². The Morgan fingerprint density at radius 3 is 2.73 bits per heavy atom. The maximum absolute atomic E-state index is 12.9. The third-order valence-corrected chi connectivity index (χ3v) is 8.69. The van der Waals surface area contributed by atoms with Crippen molar-refractivity contribution in [3.8, 4) is 0 Å². The fraction of sp³-hybridized carbons (Fsp3) is 0.214. The normalized spacial score (nSPS) is 19.2. The zero-order chi connectivity index (χ0) is 25.9. The van der Waals surface area contributed by atoms with Crippen molar-refractivity contribution in [2.24, 2.45) is 0 Å². The molecule has 0 saturated carbocycles. The first kappa shape index (κ1) is 25.1. The summed E-state index contributed by atoms with van der Waals surface area (Å²) in [5.74, 6) is -1.16. The number of nitrogens with one attached hydrogen (secondary N) is 1. The molecule has 1 fully saturated rings. The van der Waals surface area contributed by atoms with E-state index in [1.54, 1.807) is 6.08 Å². The van der Waals surface area contributed by atoms with E-state index in [9.17, 15) is 19.5 Å². The summed E-state index contributed by atoms with van der Waals surface area (Å²) < 4.78 is 2.05. The highest BCUT2D eigenvalue weighted by Gasteiger charge is 2.53. The van der Waals surface area contributed by atoms with Gasteiger partial charge in [0.05, 0.1) is 5.75 Å². The van der Waals surface area contributed by atoms with Gasteiger partial charge in [0.2, 0.25) is 5.91 Å². The molecule has 0 unspecified atom stereocenters. The molecule has 7 nitrogen and oxygen atoms in total. The zero-order valence-electron chi connectivity index (χ0n) is 20.2. The number of thioether (sulfide) groups is 2. The molecule has 2 aliphatic rings. The van der Waals surface area contributed by atoms with Crippen LogP contribution < -0.4 is 9.88 Å². The third-order valence-electron chi connectivity index (χ3n) is 6.40. The molecule has 2 amide bonds. The first-order valence-electron chi connectivity index (χ1n) is 11.9. The Bertz CT molecular complexity index is 1450. The van der Waals surface area contributed by atoms with Crippen molar-refractivity contribution in [1.82, 2.24) is 10.2 Å². The molecule has 1 aromatic heterocycles. The quantitative estimate of drug-likeness (QED) is 0.262. The molecule has 3 heterocycles. The smallest absolute Gasteiger partial charge is 0.352 e. The SMILES string of the molecule is Cc1cccc[n+]1C/C=C/C1=C(C(=O)O)N2C(=O)[C@@H](NC(=O)CSc3ccc4ccccc4c3)[C@H]2SC1. The van der Waals surface area contributed by atoms with Crippen molar-refractivity contribution in [2.75, 3.05) is 11.5 Å². The van der Waals surface area contributed by atoms with Gasteiger partial charge >= 0.3 is 5.97 Å². The minimum atomic E-state index is -1.14. The number of carboxylic acid groups (broad SMARTS) is 1. The van der Waals surface area contributed by atoms with Crippen LogP contribution in [0.15, 0.2) is 95.2 Å². The number of carbonyl (C=O) groups is 3. The molecule has 0 spiro atoms. The number of rotatable bonds is 8. The number of hydrogen-bond acceptors (Lipinski definition) is 5. The van der Waals surface area contributed by atoms with Crippen LogP contribution in [0.1, 0.15) is 5.69 Å². The van der Waals surface area contributed by atoms with Crippen LogP contribution in [0.3, 0.4) is 0 Å². The van der Waals surface area contributed by atoms with Crippen molar-refractivity contribution >= 4 is 52.1 Å². The van der Waals surface area contributed by atoms with Crippen LogP contribution in [0.5, 0.6) is 0 Å². The summed E-state index contributed by atoms with van der Waals surface area (Å²) in [6.45, 7) is 2.60. The summed E-state index contributed by atoms with van der Waals surface area (Å²) in [4.78, 5) is 39.9. The van der Waals surface area contributed by atoms with Gasteiger partial charge in [-0.2, -0.15) is 4.57 Å². The number of β-lactam (4-membered cyclic amide) rings is 1. The Labute approximate surface area is 223 Å². The molecular weight excluding hydrogens is 506 g/mol. The largest absolute Gasteiger partial charge is 0.477 e. The standard InChI is InChI=1S/C28H25N3O4S2/c1-18-7-4-5-13-30(18)14-6-10-21-16-37-27-24(26(33)31(27)25(21)28(34)35)29-23(32)17-36-22-12-11-19-8-2-3-9-20(19)15-22/h2-13,15,24,27H,14,16-17H2,1H3,(H-,29,32,34,35)/p+1/b10-6+/t24-,27-/m1/s1. The number of nitrogens with zero attached hydrogens (tertiary/aromatic N) is 2. The average molecular weight is 533 g/mol. The summed E-state index contributed by atoms with van der Waals surface area (Å²) in [6.07, 6.45) is 5.65. The second-order valence-corrected chi connectivity index (χ2v) is 11.0. The topological polar surface area (TPSA) is 90.6 Å². The molecular formula is C28H26N3O4S2+. The van der Waals surface area contributed by atoms with Gasteiger partial charge in [-0.15, -0.1) is 23.5 Å². The van der Waals surface area contributed by atoms with Crippen LogP contribution in [0, 0.1) is 6.92 Å². The van der Waals surface area contributed by atoms with Gasteiger partial charge in [-0.1, -0.05) is 42.5 Å². The molecule has 37 heavy (non-hydrogen) atoms. The van der Waals surface area contributed by atoms with Gasteiger partial charge in [-0.05, 0) is 34.6 Å². The van der Waals surface area contributed by atoms with Crippen molar-refractivity contribution in [2.45, 2.75) is 29.8 Å². The number of allylic oxidation sites excluding steroid dienone is 2. The highest BCUT2D eigenvalue weighted by atomic mass is 32.2. The fourth-order valence-corrected chi connectivity index (χ4v) is 6.54. The van der Waals surface area contributed by atoms with E-state index in [0.29, 0.717) is 17.9 Å². The molecule has 0 radical (unpaired) electrons. The lowest BCUT2D eigenvalue weighted by Crippen LogP contribution is -2.70. The molecule has 5 rings (SSSR count). The van der Waals surface area contributed by atoms with Crippen LogP contribution in [-0.4, -0.2) is 50.7 Å². The lowest BCUT2D eigenvalue weighted by molar-refractivity contribution is -0.693. The molecule has 3 aromatic rings. The molecule has 0 aliphatic carbocycles. The minimum absolute atomic E-state index is 0.00387. The summed E-state index contributed by atoms with van der Waals surface area (Å²) >= 11 is 2.87. The summed E-state index contributed by atoms with van der Waals surface area (Å²) in [5.41, 5.74) is 1.68. The van der Waals surface area contributed by atoms with E-state index in [1.165, 1.54) is 28.4 Å². The highest BCUT2D eigenvalue weighted by molar-refractivity contribution is 8.00. The maximum Gasteiger partial charge on any atom is 0.352 e. The van der Waals surface area contributed by atoms with Gasteiger partial charge < -0.3 is 10.4 Å². The number of aryl methyl sites for hydroxylation is 1. The van der Waals surface area contributed by atoms with Crippen LogP contribution in [0.4, 0.5) is 0 Å². The zero-order valence-corrected chi connectivity index (χ0v) is 21.8. The van der Waals surface area contributed by atoms with E-state index in [-0.39, 0.29) is 17.4 Å². The number of pyridine rings is 1. The van der Waals surface area contributed by atoms with Gasteiger partial charge in [0.1, 0.15) is 17.1 Å². The molecule has 2 N–H and O–H groups in total. The predicted molar refractivity (Wildman–Crippen MR) is 145 cm³/mol. The van der Waals surface area contributed by atoms with Gasteiger partial charge in [-0.3, -0.25) is 14.5 Å². The molecule has 1 saturated heterocycles. The number of aliphatic carboxylic acids is 1. The van der Waals surface area contributed by atoms with Crippen molar-refractivity contribution in [1.29, 1.82) is 0 Å². The average Bonchev–Trinajstić information content (AvgIpc) is 2.91. The fourth-order valence-electron chi connectivity index (χ4n) is 4.47. The minimum Gasteiger partial charge on any atom is -0.477 e. The third kappa shape index (κ3) is 5.28.